The van der Waals surface area contributed by atoms with E-state index in [1.54, 1.807) is 0 Å². The molecule has 2 heterocycles. The van der Waals surface area contributed by atoms with Crippen molar-refractivity contribution in [3.8, 4) is 0 Å². The average molecular weight is 295 g/mol. The van der Waals surface area contributed by atoms with Gasteiger partial charge in [-0.2, -0.15) is 9.34 Å². The summed E-state index contributed by atoms with van der Waals surface area (Å²) in [5, 5.41) is 1.48. The molecule has 20 heavy (non-hydrogen) atoms. The zero-order valence-electron chi connectivity index (χ0n) is 12.2. The average Bonchev–Trinajstić information content (AvgIpc) is 2.56. The fourth-order valence-electron chi connectivity index (χ4n) is 3.10. The largest absolute Gasteiger partial charge is 0.378 e. The number of hydrogen-bond donors (Lipinski definition) is 0. The van der Waals surface area contributed by atoms with Crippen molar-refractivity contribution in [1.29, 1.82) is 0 Å². The van der Waals surface area contributed by atoms with E-state index < -0.39 is 7.56 Å². The Balaban J connectivity index is 1.92. The van der Waals surface area contributed by atoms with Crippen LogP contribution in [0.3, 0.4) is 0 Å². The number of ether oxygens (including phenoxy) is 2. The van der Waals surface area contributed by atoms with Crippen LogP contribution in [-0.2, 0) is 9.47 Å². The lowest BCUT2D eigenvalue weighted by atomic mass is 10.4. The molecule has 4 nitrogen and oxygen atoms in total. The molecule has 1 aromatic carbocycles. The number of rotatable bonds is 3. The predicted octanol–water partition coefficient (Wildman–Crippen LogP) is 1.45. The van der Waals surface area contributed by atoms with Gasteiger partial charge in [-0.05, 0) is 12.1 Å². The van der Waals surface area contributed by atoms with Gasteiger partial charge >= 0.3 is 0 Å². The molecule has 0 saturated carbocycles. The maximum absolute atomic E-state index is 5.55. The zero-order chi connectivity index (χ0) is 13.8. The van der Waals surface area contributed by atoms with E-state index in [4.69, 9.17) is 9.47 Å². The highest BCUT2D eigenvalue weighted by Crippen LogP contribution is 2.60. The van der Waals surface area contributed by atoms with Gasteiger partial charge < -0.3 is 9.47 Å². The summed E-state index contributed by atoms with van der Waals surface area (Å²) in [4.78, 5) is 0. The standard InChI is InChI=1S/C15H24N2O2P/c1-20(15-5-3-2-4-6-15,16-7-11-18-12-8-16)17-9-13-19-14-10-17/h2-6H,7-14H2,1H3/q+1. The lowest BCUT2D eigenvalue weighted by molar-refractivity contribution is 0.0570. The van der Waals surface area contributed by atoms with E-state index in [-0.39, 0.29) is 0 Å². The van der Waals surface area contributed by atoms with Gasteiger partial charge in [0.15, 0.2) is 7.56 Å². The molecule has 0 unspecified atom stereocenters. The lowest BCUT2D eigenvalue weighted by Gasteiger charge is -2.43. The maximum Gasteiger partial charge on any atom is 0.183 e. The first-order chi connectivity index (χ1) is 9.82. The molecule has 0 aliphatic carbocycles. The first-order valence-corrected chi connectivity index (χ1v) is 9.54. The van der Waals surface area contributed by atoms with Gasteiger partial charge in [-0.15, -0.1) is 0 Å². The fourth-order valence-corrected chi connectivity index (χ4v) is 6.73. The van der Waals surface area contributed by atoms with Crippen LogP contribution in [0.4, 0.5) is 0 Å². The highest BCUT2D eigenvalue weighted by Gasteiger charge is 2.49. The second-order valence-corrected chi connectivity index (χ2v) is 8.85. The number of hydrogen-bond acceptors (Lipinski definition) is 4. The zero-order valence-corrected chi connectivity index (χ0v) is 13.1. The van der Waals surface area contributed by atoms with E-state index in [0.29, 0.717) is 0 Å². The van der Waals surface area contributed by atoms with Crippen LogP contribution in [0.2, 0.25) is 0 Å². The fraction of sp³-hybridized carbons (Fsp3) is 0.600. The Morgan fingerprint density at radius 3 is 1.70 bits per heavy atom. The van der Waals surface area contributed by atoms with Gasteiger partial charge in [0.2, 0.25) is 0 Å². The van der Waals surface area contributed by atoms with Crippen molar-refractivity contribution < 1.29 is 9.47 Å². The number of benzene rings is 1. The lowest BCUT2D eigenvalue weighted by Crippen LogP contribution is -2.49. The second kappa shape index (κ2) is 6.50. The molecule has 0 spiro atoms. The molecule has 110 valence electrons. The minimum Gasteiger partial charge on any atom is -0.378 e. The normalized spacial score (nSPS) is 22.9. The van der Waals surface area contributed by atoms with Gasteiger partial charge in [0.25, 0.3) is 0 Å². The van der Waals surface area contributed by atoms with Crippen molar-refractivity contribution in [3.63, 3.8) is 0 Å². The van der Waals surface area contributed by atoms with Gasteiger partial charge in [0, 0.05) is 0 Å². The second-order valence-electron chi connectivity index (χ2n) is 5.38. The van der Waals surface area contributed by atoms with Gasteiger partial charge in [-0.25, -0.2) is 0 Å². The summed E-state index contributed by atoms with van der Waals surface area (Å²) in [5.41, 5.74) is 0. The molecule has 0 amide bonds. The Kier molecular flexibility index (Phi) is 4.69. The maximum atomic E-state index is 5.55. The van der Waals surface area contributed by atoms with Crippen molar-refractivity contribution in [2.75, 3.05) is 59.3 Å². The van der Waals surface area contributed by atoms with E-state index >= 15 is 0 Å². The van der Waals surface area contributed by atoms with E-state index in [2.05, 4.69) is 46.3 Å². The predicted molar refractivity (Wildman–Crippen MR) is 83.7 cm³/mol. The van der Waals surface area contributed by atoms with Crippen LogP contribution >= 0.6 is 7.56 Å². The molecular weight excluding hydrogens is 271 g/mol. The number of morpholine rings is 2. The molecule has 2 fully saturated rings. The van der Waals surface area contributed by atoms with Crippen LogP contribution in [0, 0.1) is 0 Å². The first kappa shape index (κ1) is 14.4. The van der Waals surface area contributed by atoms with Crippen molar-refractivity contribution in [1.82, 2.24) is 9.34 Å². The Labute approximate surface area is 122 Å². The molecule has 2 aliphatic rings. The highest BCUT2D eigenvalue weighted by molar-refractivity contribution is 7.78. The minimum absolute atomic E-state index is 0.854. The summed E-state index contributed by atoms with van der Waals surface area (Å²) < 4.78 is 16.4. The third-order valence-electron chi connectivity index (χ3n) is 4.32. The topological polar surface area (TPSA) is 24.9 Å². The van der Waals surface area contributed by atoms with E-state index in [9.17, 15) is 0 Å². The molecule has 2 saturated heterocycles. The molecule has 0 N–H and O–H groups in total. The molecule has 3 rings (SSSR count). The Morgan fingerprint density at radius 1 is 0.800 bits per heavy atom. The summed E-state index contributed by atoms with van der Waals surface area (Å²) in [7, 11) is -1.47. The molecule has 0 atom stereocenters. The van der Waals surface area contributed by atoms with Crippen molar-refractivity contribution in [2.24, 2.45) is 0 Å². The highest BCUT2D eigenvalue weighted by atomic mass is 31.2. The molecule has 2 aliphatic heterocycles. The van der Waals surface area contributed by atoms with Gasteiger partial charge in [0.1, 0.15) is 5.30 Å². The summed E-state index contributed by atoms with van der Waals surface area (Å²) in [6.07, 6.45) is 0. The Bertz CT molecular complexity index is 399. The Morgan fingerprint density at radius 2 is 1.25 bits per heavy atom. The molecule has 0 bridgehead atoms. The third kappa shape index (κ3) is 2.76. The first-order valence-electron chi connectivity index (χ1n) is 7.40. The Hall–Kier alpha value is -0.510. The number of nitrogens with zero attached hydrogens (tertiary/aromatic N) is 2. The van der Waals surface area contributed by atoms with Crippen molar-refractivity contribution >= 4 is 12.9 Å². The minimum atomic E-state index is -1.47. The summed E-state index contributed by atoms with van der Waals surface area (Å²) >= 11 is 0. The summed E-state index contributed by atoms with van der Waals surface area (Å²) in [5.74, 6) is 0. The van der Waals surface area contributed by atoms with Gasteiger partial charge in [-0.3, -0.25) is 0 Å². The molecular formula is C15H24N2O2P+. The molecule has 1 aromatic rings. The van der Waals surface area contributed by atoms with Crippen LogP contribution < -0.4 is 5.30 Å². The van der Waals surface area contributed by atoms with E-state index in [0.717, 1.165) is 52.6 Å². The van der Waals surface area contributed by atoms with Crippen molar-refractivity contribution in [3.05, 3.63) is 30.3 Å². The van der Waals surface area contributed by atoms with Crippen LogP contribution in [0.15, 0.2) is 30.3 Å². The van der Waals surface area contributed by atoms with Crippen LogP contribution in [0.1, 0.15) is 0 Å². The third-order valence-corrected chi connectivity index (χ3v) is 8.60. The summed E-state index contributed by atoms with van der Waals surface area (Å²) in [6.45, 7) is 10.0. The monoisotopic (exact) mass is 295 g/mol. The quantitative estimate of drug-likeness (QED) is 0.788. The van der Waals surface area contributed by atoms with E-state index in [1.165, 1.54) is 5.30 Å². The van der Waals surface area contributed by atoms with Crippen molar-refractivity contribution in [2.45, 2.75) is 0 Å². The smallest absolute Gasteiger partial charge is 0.183 e. The SMILES string of the molecule is C[P+](c1ccccc1)(N1CCOCC1)N1CCOCC1. The van der Waals surface area contributed by atoms with Crippen LogP contribution in [-0.4, -0.2) is 68.6 Å². The molecule has 0 aromatic heterocycles. The molecule has 0 radical (unpaired) electrons. The van der Waals surface area contributed by atoms with Crippen LogP contribution in [0.5, 0.6) is 0 Å². The summed E-state index contributed by atoms with van der Waals surface area (Å²) in [6, 6.07) is 11.0. The van der Waals surface area contributed by atoms with Gasteiger partial charge in [-0.1, -0.05) is 18.2 Å². The van der Waals surface area contributed by atoms with Crippen LogP contribution in [0.25, 0.3) is 0 Å². The van der Waals surface area contributed by atoms with Gasteiger partial charge in [0.05, 0.1) is 59.3 Å². The van der Waals surface area contributed by atoms with E-state index in [1.807, 2.05) is 0 Å². The molecule has 5 heteroatoms.